The number of furan rings is 1. The molecule has 0 spiro atoms. The fourth-order valence-electron chi connectivity index (χ4n) is 2.55. The van der Waals surface area contributed by atoms with Crippen LogP contribution in [0, 0.1) is 0 Å². The second-order valence-corrected chi connectivity index (χ2v) is 4.91. The van der Waals surface area contributed by atoms with Crippen molar-refractivity contribution in [2.45, 2.75) is 13.3 Å². The van der Waals surface area contributed by atoms with E-state index in [1.807, 2.05) is 12.3 Å². The first-order valence-corrected chi connectivity index (χ1v) is 7.15. The summed E-state index contributed by atoms with van der Waals surface area (Å²) in [7, 11) is 0. The number of nitrogens with one attached hydrogen (secondary N) is 1. The normalized spacial score (nSPS) is 11.1. The minimum atomic E-state index is 0.987. The van der Waals surface area contributed by atoms with Gasteiger partial charge in [0.25, 0.3) is 0 Å². The molecule has 1 heterocycles. The molecule has 3 aromatic rings. The summed E-state index contributed by atoms with van der Waals surface area (Å²) in [6.45, 7) is 4.12. The molecule has 0 aliphatic heterocycles. The van der Waals surface area contributed by atoms with Crippen LogP contribution in [0.25, 0.3) is 22.1 Å². The molecule has 2 heteroatoms. The topological polar surface area (TPSA) is 25.2 Å². The number of hydrogen-bond donors (Lipinski definition) is 1. The Balaban J connectivity index is 2.00. The van der Waals surface area contributed by atoms with Crippen molar-refractivity contribution < 1.29 is 4.42 Å². The molecule has 2 aromatic carbocycles. The molecule has 0 amide bonds. The summed E-state index contributed by atoms with van der Waals surface area (Å²) in [6, 6.07) is 16.8. The summed E-state index contributed by atoms with van der Waals surface area (Å²) in [4.78, 5) is 0. The number of benzene rings is 2. The molecule has 1 aromatic heterocycles. The van der Waals surface area contributed by atoms with Crippen LogP contribution in [0.2, 0.25) is 0 Å². The van der Waals surface area contributed by atoms with Gasteiger partial charge in [0.2, 0.25) is 0 Å². The smallest absolute Gasteiger partial charge is 0.141 e. The van der Waals surface area contributed by atoms with Gasteiger partial charge in [0.15, 0.2) is 0 Å². The molecule has 0 radical (unpaired) electrons. The average molecular weight is 265 g/mol. The molecular weight excluding hydrogens is 246 g/mol. The first-order valence-electron chi connectivity index (χ1n) is 7.15. The molecule has 0 bridgehead atoms. The van der Waals surface area contributed by atoms with E-state index in [2.05, 4.69) is 54.7 Å². The van der Waals surface area contributed by atoms with Crippen LogP contribution < -0.4 is 5.32 Å². The minimum Gasteiger partial charge on any atom is -0.463 e. The van der Waals surface area contributed by atoms with E-state index < -0.39 is 0 Å². The summed E-state index contributed by atoms with van der Waals surface area (Å²) in [6.07, 6.45) is 2.90. The van der Waals surface area contributed by atoms with Crippen LogP contribution >= 0.6 is 0 Å². The van der Waals surface area contributed by atoms with E-state index in [0.29, 0.717) is 0 Å². The summed E-state index contributed by atoms with van der Waals surface area (Å²) in [5.74, 6) is 0. The highest BCUT2D eigenvalue weighted by Crippen LogP contribution is 2.31. The van der Waals surface area contributed by atoms with Crippen LogP contribution in [0.5, 0.6) is 0 Å². The second-order valence-electron chi connectivity index (χ2n) is 4.91. The molecule has 102 valence electrons. The maximum Gasteiger partial charge on any atom is 0.141 e. The molecule has 0 unspecified atom stereocenters. The highest BCUT2D eigenvalue weighted by atomic mass is 16.3. The van der Waals surface area contributed by atoms with Crippen molar-refractivity contribution in [3.63, 3.8) is 0 Å². The maximum atomic E-state index is 5.84. The molecule has 0 atom stereocenters. The molecule has 20 heavy (non-hydrogen) atoms. The Morgan fingerprint density at radius 2 is 1.85 bits per heavy atom. The quantitative estimate of drug-likeness (QED) is 0.698. The van der Waals surface area contributed by atoms with Gasteiger partial charge in [-0.25, -0.2) is 0 Å². The Labute approximate surface area is 119 Å². The van der Waals surface area contributed by atoms with E-state index in [1.165, 1.54) is 16.5 Å². The van der Waals surface area contributed by atoms with Gasteiger partial charge in [0.1, 0.15) is 5.58 Å². The highest BCUT2D eigenvalue weighted by Gasteiger charge is 2.10. The summed E-state index contributed by atoms with van der Waals surface area (Å²) in [5, 5.41) is 4.58. The van der Waals surface area contributed by atoms with Crippen LogP contribution in [0.3, 0.4) is 0 Å². The van der Waals surface area contributed by atoms with E-state index in [-0.39, 0.29) is 0 Å². The lowest BCUT2D eigenvalue weighted by molar-refractivity contribution is 0.608. The van der Waals surface area contributed by atoms with Crippen LogP contribution in [0.15, 0.2) is 59.2 Å². The number of likely N-dealkylation sites (N-methyl/N-ethyl adjacent to an activating group) is 1. The van der Waals surface area contributed by atoms with Crippen LogP contribution in [0.4, 0.5) is 0 Å². The van der Waals surface area contributed by atoms with Crippen molar-refractivity contribution in [3.8, 4) is 11.1 Å². The first-order chi connectivity index (χ1) is 9.90. The minimum absolute atomic E-state index is 0.987. The fourth-order valence-corrected chi connectivity index (χ4v) is 2.55. The monoisotopic (exact) mass is 265 g/mol. The lowest BCUT2D eigenvalue weighted by Gasteiger charge is -2.03. The molecule has 0 saturated carbocycles. The van der Waals surface area contributed by atoms with Gasteiger partial charge in [-0.15, -0.1) is 0 Å². The standard InChI is InChI=1S/C18H19NO/c1-2-19-12-11-15-13-20-18-16(9-6-10-17(15)18)14-7-4-3-5-8-14/h3-10,13,19H,2,11-12H2,1H3. The Morgan fingerprint density at radius 3 is 2.65 bits per heavy atom. The van der Waals surface area contributed by atoms with Crippen LogP contribution in [-0.2, 0) is 6.42 Å². The zero-order valence-electron chi connectivity index (χ0n) is 11.7. The van der Waals surface area contributed by atoms with E-state index in [4.69, 9.17) is 4.42 Å². The van der Waals surface area contributed by atoms with Crippen molar-refractivity contribution in [3.05, 3.63) is 60.4 Å². The zero-order chi connectivity index (χ0) is 13.8. The first kappa shape index (κ1) is 12.9. The van der Waals surface area contributed by atoms with Crippen molar-refractivity contribution in [1.29, 1.82) is 0 Å². The Morgan fingerprint density at radius 1 is 1.00 bits per heavy atom. The Hall–Kier alpha value is -2.06. The maximum absolute atomic E-state index is 5.84. The molecule has 0 fully saturated rings. The highest BCUT2D eigenvalue weighted by molar-refractivity contribution is 5.94. The molecule has 1 N–H and O–H groups in total. The lowest BCUT2D eigenvalue weighted by Crippen LogP contribution is -2.15. The lowest BCUT2D eigenvalue weighted by atomic mass is 10.0. The van der Waals surface area contributed by atoms with E-state index in [0.717, 1.165) is 30.7 Å². The van der Waals surface area contributed by atoms with E-state index >= 15 is 0 Å². The second kappa shape index (κ2) is 5.93. The molecule has 0 aliphatic carbocycles. The third-order valence-corrected chi connectivity index (χ3v) is 3.59. The van der Waals surface area contributed by atoms with Gasteiger partial charge in [-0.1, -0.05) is 55.5 Å². The molecular formula is C18H19NO. The van der Waals surface area contributed by atoms with Gasteiger partial charge >= 0.3 is 0 Å². The van der Waals surface area contributed by atoms with Crippen molar-refractivity contribution in [2.75, 3.05) is 13.1 Å². The summed E-state index contributed by atoms with van der Waals surface area (Å²) >= 11 is 0. The third kappa shape index (κ3) is 2.47. The number of rotatable bonds is 5. The molecule has 3 rings (SSSR count). The van der Waals surface area contributed by atoms with Gasteiger partial charge in [-0.3, -0.25) is 0 Å². The predicted octanol–water partition coefficient (Wildman–Crippen LogP) is 4.25. The van der Waals surface area contributed by atoms with Gasteiger partial charge in [0, 0.05) is 10.9 Å². The number of hydrogen-bond acceptors (Lipinski definition) is 2. The average Bonchev–Trinajstić information content (AvgIpc) is 2.92. The van der Waals surface area contributed by atoms with Crippen LogP contribution in [-0.4, -0.2) is 13.1 Å². The van der Waals surface area contributed by atoms with Crippen molar-refractivity contribution >= 4 is 11.0 Å². The number of para-hydroxylation sites is 1. The Kier molecular flexibility index (Phi) is 3.84. The van der Waals surface area contributed by atoms with Gasteiger partial charge < -0.3 is 9.73 Å². The Bertz CT molecular complexity index is 685. The third-order valence-electron chi connectivity index (χ3n) is 3.59. The molecule has 2 nitrogen and oxygen atoms in total. The fraction of sp³-hybridized carbons (Fsp3) is 0.222. The zero-order valence-corrected chi connectivity index (χ0v) is 11.7. The SMILES string of the molecule is CCNCCc1coc2c(-c3ccccc3)cccc12. The van der Waals surface area contributed by atoms with E-state index in [1.54, 1.807) is 0 Å². The molecule has 0 aliphatic rings. The van der Waals surface area contributed by atoms with Crippen molar-refractivity contribution in [2.24, 2.45) is 0 Å². The van der Waals surface area contributed by atoms with Gasteiger partial charge in [-0.05, 0) is 30.6 Å². The summed E-state index contributed by atoms with van der Waals surface area (Å²) in [5.41, 5.74) is 4.63. The largest absolute Gasteiger partial charge is 0.463 e. The summed E-state index contributed by atoms with van der Waals surface area (Å²) < 4.78 is 5.84. The van der Waals surface area contributed by atoms with Gasteiger partial charge in [0.05, 0.1) is 6.26 Å². The number of fused-ring (bicyclic) bond motifs is 1. The van der Waals surface area contributed by atoms with E-state index in [9.17, 15) is 0 Å². The predicted molar refractivity (Wildman–Crippen MR) is 83.9 cm³/mol. The van der Waals surface area contributed by atoms with Crippen LogP contribution in [0.1, 0.15) is 12.5 Å². The van der Waals surface area contributed by atoms with Gasteiger partial charge in [-0.2, -0.15) is 0 Å². The van der Waals surface area contributed by atoms with Crippen molar-refractivity contribution in [1.82, 2.24) is 5.32 Å². The molecule has 0 saturated heterocycles.